The third kappa shape index (κ3) is 7.58. The molecule has 7 heteroatoms. The second-order valence-electron chi connectivity index (χ2n) is 10.2. The zero-order valence-corrected chi connectivity index (χ0v) is 23.4. The van der Waals surface area contributed by atoms with Gasteiger partial charge >= 0.3 is 5.97 Å². The van der Waals surface area contributed by atoms with Crippen molar-refractivity contribution in [3.63, 3.8) is 0 Å². The molecule has 1 atom stereocenters. The Hall–Kier alpha value is -3.94. The van der Waals surface area contributed by atoms with E-state index in [0.29, 0.717) is 24.5 Å². The SMILES string of the molecule is COC(=O)c1c(OCc2ccccc2)ccc(/C=C/C(=O)C(C)C2COC(C)(C)OC2)c1OCc1ccccc1. The number of esters is 1. The summed E-state index contributed by atoms with van der Waals surface area (Å²) in [5.74, 6) is -1.07. The number of carbonyl (C=O) groups excluding carboxylic acids is 2. The lowest BCUT2D eigenvalue weighted by Crippen LogP contribution is -2.42. The van der Waals surface area contributed by atoms with Crippen LogP contribution < -0.4 is 9.47 Å². The standard InChI is InChI=1S/C33H36O7/c1-23(27-21-39-33(2,3)40-22-27)28(34)17-15-26-16-18-29(37-19-24-11-7-5-8-12-24)30(32(35)36-4)31(26)38-20-25-13-9-6-10-14-25/h5-18,23,27H,19-22H2,1-4H3/b17-15+. The molecule has 40 heavy (non-hydrogen) atoms. The maximum atomic E-state index is 13.1. The van der Waals surface area contributed by atoms with E-state index in [0.717, 1.165) is 11.1 Å². The Balaban J connectivity index is 1.62. The molecule has 1 aliphatic rings. The van der Waals surface area contributed by atoms with Crippen molar-refractivity contribution in [3.05, 3.63) is 101 Å². The van der Waals surface area contributed by atoms with E-state index in [2.05, 4.69) is 0 Å². The monoisotopic (exact) mass is 544 g/mol. The van der Waals surface area contributed by atoms with Gasteiger partial charge in [0.25, 0.3) is 0 Å². The highest BCUT2D eigenvalue weighted by Gasteiger charge is 2.33. The Kier molecular flexibility index (Phi) is 9.74. The fourth-order valence-corrected chi connectivity index (χ4v) is 4.30. The maximum Gasteiger partial charge on any atom is 0.345 e. The number of methoxy groups -OCH3 is 1. The molecule has 0 bridgehead atoms. The molecule has 0 aromatic heterocycles. The number of ether oxygens (including phenoxy) is 5. The molecule has 1 heterocycles. The van der Waals surface area contributed by atoms with Gasteiger partial charge in [0.05, 0.1) is 20.3 Å². The first-order valence-corrected chi connectivity index (χ1v) is 13.4. The van der Waals surface area contributed by atoms with Crippen LogP contribution in [0, 0.1) is 11.8 Å². The van der Waals surface area contributed by atoms with Crippen LogP contribution in [0.1, 0.15) is 47.8 Å². The van der Waals surface area contributed by atoms with Crippen LogP contribution in [0.5, 0.6) is 11.5 Å². The summed E-state index contributed by atoms with van der Waals surface area (Å²) in [7, 11) is 1.31. The van der Waals surface area contributed by atoms with E-state index in [-0.39, 0.29) is 42.1 Å². The molecule has 1 unspecified atom stereocenters. The number of hydrogen-bond donors (Lipinski definition) is 0. The summed E-state index contributed by atoms with van der Waals surface area (Å²) < 4.78 is 28.9. The van der Waals surface area contributed by atoms with E-state index < -0.39 is 11.8 Å². The number of benzene rings is 3. The lowest BCUT2D eigenvalue weighted by molar-refractivity contribution is -0.266. The molecule has 0 aliphatic carbocycles. The molecule has 7 nitrogen and oxygen atoms in total. The van der Waals surface area contributed by atoms with Gasteiger partial charge in [-0.05, 0) is 49.3 Å². The Morgan fingerprint density at radius 2 is 1.48 bits per heavy atom. The van der Waals surface area contributed by atoms with Crippen molar-refractivity contribution in [2.75, 3.05) is 20.3 Å². The van der Waals surface area contributed by atoms with Crippen molar-refractivity contribution in [3.8, 4) is 11.5 Å². The second-order valence-corrected chi connectivity index (χ2v) is 10.2. The Bertz CT molecular complexity index is 1310. The minimum absolute atomic E-state index is 0.0571. The Morgan fingerprint density at radius 3 is 2.05 bits per heavy atom. The van der Waals surface area contributed by atoms with Crippen LogP contribution in [-0.2, 0) is 32.2 Å². The molecule has 3 aromatic carbocycles. The molecule has 210 valence electrons. The van der Waals surface area contributed by atoms with E-state index in [1.165, 1.54) is 13.2 Å². The maximum absolute atomic E-state index is 13.1. The van der Waals surface area contributed by atoms with Crippen molar-refractivity contribution in [2.24, 2.45) is 11.8 Å². The zero-order chi connectivity index (χ0) is 28.5. The summed E-state index contributed by atoms with van der Waals surface area (Å²) in [4.78, 5) is 26.1. The van der Waals surface area contributed by atoms with Gasteiger partial charge < -0.3 is 23.7 Å². The molecule has 1 saturated heterocycles. The highest BCUT2D eigenvalue weighted by molar-refractivity contribution is 5.99. The average molecular weight is 545 g/mol. The summed E-state index contributed by atoms with van der Waals surface area (Å²) in [6, 6.07) is 22.8. The first-order valence-electron chi connectivity index (χ1n) is 13.4. The second kappa shape index (κ2) is 13.4. The lowest BCUT2D eigenvalue weighted by atomic mass is 9.90. The van der Waals surface area contributed by atoms with E-state index >= 15 is 0 Å². The summed E-state index contributed by atoms with van der Waals surface area (Å²) in [6.45, 7) is 6.95. The van der Waals surface area contributed by atoms with Gasteiger partial charge in [-0.1, -0.05) is 67.6 Å². The number of ketones is 1. The number of allylic oxidation sites excluding steroid dienone is 1. The minimum Gasteiger partial charge on any atom is -0.488 e. The Labute approximate surface area is 235 Å². The topological polar surface area (TPSA) is 80.3 Å². The molecule has 0 spiro atoms. The molecule has 0 amide bonds. The fourth-order valence-electron chi connectivity index (χ4n) is 4.30. The predicted molar refractivity (Wildman–Crippen MR) is 152 cm³/mol. The highest BCUT2D eigenvalue weighted by Crippen LogP contribution is 2.35. The highest BCUT2D eigenvalue weighted by atomic mass is 16.7. The van der Waals surface area contributed by atoms with Gasteiger partial charge in [0.15, 0.2) is 11.6 Å². The largest absolute Gasteiger partial charge is 0.488 e. The van der Waals surface area contributed by atoms with Crippen molar-refractivity contribution in [2.45, 2.75) is 39.8 Å². The first-order chi connectivity index (χ1) is 19.3. The molecule has 1 aliphatic heterocycles. The zero-order valence-electron chi connectivity index (χ0n) is 23.4. The van der Waals surface area contributed by atoms with Crippen molar-refractivity contribution in [1.82, 2.24) is 0 Å². The van der Waals surface area contributed by atoms with Crippen LogP contribution in [0.4, 0.5) is 0 Å². The minimum atomic E-state index is -0.644. The molecular formula is C33H36O7. The summed E-state index contributed by atoms with van der Waals surface area (Å²) in [5.41, 5.74) is 2.59. The average Bonchev–Trinajstić information content (AvgIpc) is 2.98. The van der Waals surface area contributed by atoms with Crippen LogP contribution in [0.25, 0.3) is 6.08 Å². The van der Waals surface area contributed by atoms with E-state index in [9.17, 15) is 9.59 Å². The fraction of sp³-hybridized carbons (Fsp3) is 0.333. The molecule has 0 N–H and O–H groups in total. The van der Waals surface area contributed by atoms with E-state index in [1.54, 1.807) is 18.2 Å². The first kappa shape index (κ1) is 29.1. The Morgan fingerprint density at radius 1 is 0.900 bits per heavy atom. The molecule has 1 fully saturated rings. The number of hydrogen-bond acceptors (Lipinski definition) is 7. The normalized spacial score (nSPS) is 15.9. The summed E-state index contributed by atoms with van der Waals surface area (Å²) >= 11 is 0. The molecule has 0 saturated carbocycles. The molecule has 3 aromatic rings. The number of rotatable bonds is 11. The van der Waals surface area contributed by atoms with Crippen molar-refractivity contribution < 1.29 is 33.3 Å². The summed E-state index contributed by atoms with van der Waals surface area (Å²) in [5, 5.41) is 0. The van der Waals surface area contributed by atoms with Gasteiger partial charge in [-0.3, -0.25) is 4.79 Å². The van der Waals surface area contributed by atoms with Crippen LogP contribution >= 0.6 is 0 Å². The predicted octanol–water partition coefficient (Wildman–Crippen LogP) is 6.25. The van der Waals surface area contributed by atoms with Crippen molar-refractivity contribution in [1.29, 1.82) is 0 Å². The van der Waals surface area contributed by atoms with Gasteiger partial charge in [-0.2, -0.15) is 0 Å². The summed E-state index contributed by atoms with van der Waals surface area (Å²) in [6.07, 6.45) is 3.18. The third-order valence-electron chi connectivity index (χ3n) is 6.88. The van der Waals surface area contributed by atoms with Gasteiger partial charge in [0.1, 0.15) is 30.3 Å². The smallest absolute Gasteiger partial charge is 0.345 e. The third-order valence-corrected chi connectivity index (χ3v) is 6.88. The van der Waals surface area contributed by atoms with Gasteiger partial charge in [-0.25, -0.2) is 4.79 Å². The quantitative estimate of drug-likeness (QED) is 0.209. The molecule has 0 radical (unpaired) electrons. The van der Waals surface area contributed by atoms with Crippen LogP contribution in [0.2, 0.25) is 0 Å². The van der Waals surface area contributed by atoms with Gasteiger partial charge in [0, 0.05) is 17.4 Å². The number of carbonyl (C=O) groups is 2. The van der Waals surface area contributed by atoms with Crippen molar-refractivity contribution >= 4 is 17.8 Å². The lowest BCUT2D eigenvalue weighted by Gasteiger charge is -2.36. The van der Waals surface area contributed by atoms with Crippen LogP contribution in [0.15, 0.2) is 78.9 Å². The van der Waals surface area contributed by atoms with Crippen LogP contribution in [0.3, 0.4) is 0 Å². The van der Waals surface area contributed by atoms with Crippen LogP contribution in [-0.4, -0.2) is 37.9 Å². The van der Waals surface area contributed by atoms with E-state index in [1.807, 2.05) is 81.4 Å². The molecule has 4 rings (SSSR count). The van der Waals surface area contributed by atoms with E-state index in [4.69, 9.17) is 23.7 Å². The van der Waals surface area contributed by atoms with Gasteiger partial charge in [0.2, 0.25) is 0 Å². The molecular weight excluding hydrogens is 508 g/mol. The van der Waals surface area contributed by atoms with Gasteiger partial charge in [-0.15, -0.1) is 0 Å².